The average molecular weight is 325 g/mol. The molecule has 0 saturated carbocycles. The van der Waals surface area contributed by atoms with Crippen LogP contribution in [0.4, 0.5) is 0 Å². The van der Waals surface area contributed by atoms with Crippen molar-refractivity contribution in [2.75, 3.05) is 6.54 Å². The van der Waals surface area contributed by atoms with Gasteiger partial charge in [0.1, 0.15) is 5.82 Å². The molecule has 1 aliphatic rings. The molecule has 1 amide bonds. The van der Waals surface area contributed by atoms with E-state index in [0.717, 1.165) is 48.2 Å². The molecular weight excluding hydrogens is 306 g/mol. The molecular formula is C18H19N3OS. The maximum absolute atomic E-state index is 12.8. The molecule has 3 aromatic rings. The summed E-state index contributed by atoms with van der Waals surface area (Å²) >= 11 is 1.64. The smallest absolute Gasteiger partial charge is 0.227 e. The molecule has 1 aromatic carbocycles. The minimum absolute atomic E-state index is 0.0716. The minimum atomic E-state index is 0.0716. The number of imidazole rings is 1. The van der Waals surface area contributed by atoms with E-state index < -0.39 is 0 Å². The normalized spacial score (nSPS) is 18.4. The Morgan fingerprint density at radius 2 is 2.22 bits per heavy atom. The number of para-hydroxylation sites is 2. The Hall–Kier alpha value is -2.14. The van der Waals surface area contributed by atoms with E-state index in [-0.39, 0.29) is 11.9 Å². The lowest BCUT2D eigenvalue weighted by atomic mass is 10.0. The molecule has 2 aromatic heterocycles. The standard InChI is InChI=1S/C18H19N3OS/c22-17(11-13-8-10-23-12-13)21-9-4-3-7-16(21)18-19-14-5-1-2-6-15(14)20-18/h1-2,5-6,8,10,12,16H,3-4,7,9,11H2,(H,19,20)/t16-/m1/s1. The number of fused-ring (bicyclic) bond motifs is 1. The van der Waals surface area contributed by atoms with E-state index in [2.05, 4.69) is 10.4 Å². The van der Waals surface area contributed by atoms with Gasteiger partial charge in [-0.25, -0.2) is 4.98 Å². The van der Waals surface area contributed by atoms with Crippen LogP contribution >= 0.6 is 11.3 Å². The topological polar surface area (TPSA) is 49.0 Å². The quantitative estimate of drug-likeness (QED) is 0.793. The van der Waals surface area contributed by atoms with E-state index in [1.807, 2.05) is 40.6 Å². The Labute approximate surface area is 139 Å². The third-order valence-corrected chi connectivity index (χ3v) is 5.21. The van der Waals surface area contributed by atoms with Gasteiger partial charge in [-0.1, -0.05) is 12.1 Å². The number of hydrogen-bond donors (Lipinski definition) is 1. The van der Waals surface area contributed by atoms with Gasteiger partial charge in [-0.05, 0) is 53.8 Å². The van der Waals surface area contributed by atoms with Crippen LogP contribution in [0.15, 0.2) is 41.1 Å². The molecule has 23 heavy (non-hydrogen) atoms. The summed E-state index contributed by atoms with van der Waals surface area (Å²) in [5.74, 6) is 1.12. The number of thiophene rings is 1. The Bertz CT molecular complexity index is 776. The van der Waals surface area contributed by atoms with Gasteiger partial charge >= 0.3 is 0 Å². The molecule has 0 unspecified atom stereocenters. The summed E-state index contributed by atoms with van der Waals surface area (Å²) < 4.78 is 0. The molecule has 1 N–H and O–H groups in total. The summed E-state index contributed by atoms with van der Waals surface area (Å²) in [5, 5.41) is 4.08. The fourth-order valence-electron chi connectivity index (χ4n) is 3.31. The first-order chi connectivity index (χ1) is 11.3. The van der Waals surface area contributed by atoms with E-state index in [1.165, 1.54) is 0 Å². The van der Waals surface area contributed by atoms with Crippen molar-refractivity contribution in [1.82, 2.24) is 14.9 Å². The molecule has 4 rings (SSSR count). The van der Waals surface area contributed by atoms with E-state index in [1.54, 1.807) is 11.3 Å². The van der Waals surface area contributed by atoms with Gasteiger partial charge in [0.15, 0.2) is 0 Å². The highest BCUT2D eigenvalue weighted by molar-refractivity contribution is 7.08. The highest BCUT2D eigenvalue weighted by atomic mass is 32.1. The highest BCUT2D eigenvalue weighted by Gasteiger charge is 2.30. The van der Waals surface area contributed by atoms with Crippen molar-refractivity contribution >= 4 is 28.3 Å². The fourth-order valence-corrected chi connectivity index (χ4v) is 3.98. The number of aromatic nitrogens is 2. The van der Waals surface area contributed by atoms with Crippen LogP contribution in [0.25, 0.3) is 11.0 Å². The summed E-state index contributed by atoms with van der Waals surface area (Å²) in [6.07, 6.45) is 3.69. The zero-order valence-electron chi connectivity index (χ0n) is 12.9. The zero-order chi connectivity index (χ0) is 15.6. The second-order valence-electron chi connectivity index (χ2n) is 6.05. The Balaban J connectivity index is 1.60. The third-order valence-electron chi connectivity index (χ3n) is 4.48. The fraction of sp³-hybridized carbons (Fsp3) is 0.333. The van der Waals surface area contributed by atoms with Crippen LogP contribution in [-0.4, -0.2) is 27.3 Å². The lowest BCUT2D eigenvalue weighted by Crippen LogP contribution is -2.39. The van der Waals surface area contributed by atoms with Gasteiger partial charge < -0.3 is 9.88 Å². The number of aromatic amines is 1. The molecule has 1 aliphatic heterocycles. The van der Waals surface area contributed by atoms with Crippen LogP contribution in [-0.2, 0) is 11.2 Å². The second kappa shape index (κ2) is 6.16. The number of piperidine rings is 1. The Morgan fingerprint density at radius 1 is 1.30 bits per heavy atom. The average Bonchev–Trinajstić information content (AvgIpc) is 3.23. The molecule has 1 saturated heterocycles. The highest BCUT2D eigenvalue weighted by Crippen LogP contribution is 2.31. The molecule has 0 radical (unpaired) electrons. The van der Waals surface area contributed by atoms with Crippen LogP contribution in [0, 0.1) is 0 Å². The van der Waals surface area contributed by atoms with E-state index in [9.17, 15) is 4.79 Å². The lowest BCUT2D eigenvalue weighted by molar-refractivity contribution is -0.134. The van der Waals surface area contributed by atoms with Crippen LogP contribution in [0.1, 0.15) is 36.7 Å². The van der Waals surface area contributed by atoms with Gasteiger partial charge in [0.05, 0.1) is 23.5 Å². The van der Waals surface area contributed by atoms with Crippen molar-refractivity contribution in [2.24, 2.45) is 0 Å². The number of nitrogens with zero attached hydrogens (tertiary/aromatic N) is 2. The summed E-state index contributed by atoms with van der Waals surface area (Å²) in [6, 6.07) is 10.1. The van der Waals surface area contributed by atoms with Gasteiger partial charge in [-0.2, -0.15) is 11.3 Å². The van der Waals surface area contributed by atoms with Gasteiger partial charge in [0, 0.05) is 6.54 Å². The number of likely N-dealkylation sites (tertiary alicyclic amines) is 1. The zero-order valence-corrected chi connectivity index (χ0v) is 13.7. The number of carbonyl (C=O) groups is 1. The summed E-state index contributed by atoms with van der Waals surface area (Å²) in [6.45, 7) is 0.824. The molecule has 118 valence electrons. The van der Waals surface area contributed by atoms with Crippen LogP contribution < -0.4 is 0 Å². The largest absolute Gasteiger partial charge is 0.340 e. The molecule has 5 heteroatoms. The first-order valence-corrected chi connectivity index (χ1v) is 9.01. The molecule has 3 heterocycles. The van der Waals surface area contributed by atoms with E-state index in [4.69, 9.17) is 4.98 Å². The monoisotopic (exact) mass is 325 g/mol. The van der Waals surface area contributed by atoms with Gasteiger partial charge in [0.2, 0.25) is 5.91 Å². The van der Waals surface area contributed by atoms with Crippen molar-refractivity contribution in [3.05, 3.63) is 52.5 Å². The molecule has 0 spiro atoms. The number of hydrogen-bond acceptors (Lipinski definition) is 3. The van der Waals surface area contributed by atoms with Gasteiger partial charge in [0.25, 0.3) is 0 Å². The maximum Gasteiger partial charge on any atom is 0.227 e. The first-order valence-electron chi connectivity index (χ1n) is 8.06. The first kappa shape index (κ1) is 14.5. The Morgan fingerprint density at radius 3 is 3.04 bits per heavy atom. The van der Waals surface area contributed by atoms with Crippen LogP contribution in [0.2, 0.25) is 0 Å². The maximum atomic E-state index is 12.8. The molecule has 4 nitrogen and oxygen atoms in total. The summed E-state index contributed by atoms with van der Waals surface area (Å²) in [7, 11) is 0. The Kier molecular flexibility index (Phi) is 3.87. The molecule has 1 fully saturated rings. The van der Waals surface area contributed by atoms with Crippen molar-refractivity contribution < 1.29 is 4.79 Å². The van der Waals surface area contributed by atoms with E-state index in [0.29, 0.717) is 6.42 Å². The number of amides is 1. The van der Waals surface area contributed by atoms with Gasteiger partial charge in [-0.15, -0.1) is 0 Å². The third kappa shape index (κ3) is 2.88. The second-order valence-corrected chi connectivity index (χ2v) is 6.83. The minimum Gasteiger partial charge on any atom is -0.340 e. The number of rotatable bonds is 3. The van der Waals surface area contributed by atoms with Crippen molar-refractivity contribution in [1.29, 1.82) is 0 Å². The molecule has 0 bridgehead atoms. The SMILES string of the molecule is O=C(Cc1ccsc1)N1CCCC[C@@H]1c1nc2ccccc2[nH]1. The lowest BCUT2D eigenvalue weighted by Gasteiger charge is -2.34. The van der Waals surface area contributed by atoms with Crippen molar-refractivity contribution in [3.63, 3.8) is 0 Å². The summed E-state index contributed by atoms with van der Waals surface area (Å²) in [5.41, 5.74) is 3.12. The number of benzene rings is 1. The molecule has 1 atom stereocenters. The number of carbonyl (C=O) groups excluding carboxylic acids is 1. The predicted octanol–water partition coefficient (Wildman–Crippen LogP) is 3.92. The number of nitrogens with one attached hydrogen (secondary N) is 1. The van der Waals surface area contributed by atoms with Crippen LogP contribution in [0.3, 0.4) is 0 Å². The van der Waals surface area contributed by atoms with Gasteiger partial charge in [-0.3, -0.25) is 4.79 Å². The number of H-pyrrole nitrogens is 1. The summed E-state index contributed by atoms with van der Waals surface area (Å²) in [4.78, 5) is 22.9. The predicted molar refractivity (Wildman–Crippen MR) is 92.4 cm³/mol. The van der Waals surface area contributed by atoms with E-state index >= 15 is 0 Å². The van der Waals surface area contributed by atoms with Crippen molar-refractivity contribution in [2.45, 2.75) is 31.7 Å². The van der Waals surface area contributed by atoms with Crippen LogP contribution in [0.5, 0.6) is 0 Å². The molecule has 0 aliphatic carbocycles. The van der Waals surface area contributed by atoms with Crippen molar-refractivity contribution in [3.8, 4) is 0 Å².